The zero-order valence-electron chi connectivity index (χ0n) is 13.0. The Labute approximate surface area is 126 Å². The second kappa shape index (κ2) is 5.90. The maximum atomic E-state index is 4.75. The lowest BCUT2D eigenvalue weighted by molar-refractivity contribution is 0.237. The molecule has 4 nitrogen and oxygen atoms in total. The van der Waals surface area contributed by atoms with E-state index < -0.39 is 0 Å². The molecule has 1 aliphatic rings. The average molecular weight is 282 g/mol. The number of pyridine rings is 1. The number of rotatable bonds is 3. The van der Waals surface area contributed by atoms with E-state index in [4.69, 9.17) is 4.98 Å². The molecule has 0 radical (unpaired) electrons. The fourth-order valence-electron chi connectivity index (χ4n) is 2.70. The molecule has 0 fully saturated rings. The maximum absolute atomic E-state index is 4.75. The zero-order chi connectivity index (χ0) is 14.8. The Morgan fingerprint density at radius 3 is 2.86 bits per heavy atom. The van der Waals surface area contributed by atoms with Crippen LogP contribution in [0, 0.1) is 6.92 Å². The lowest BCUT2D eigenvalue weighted by Crippen LogP contribution is -2.31. The van der Waals surface area contributed by atoms with Gasteiger partial charge in [-0.15, -0.1) is 0 Å². The molecule has 0 bridgehead atoms. The number of hydrogen-bond acceptors (Lipinski definition) is 4. The molecule has 0 saturated carbocycles. The molecule has 0 N–H and O–H groups in total. The van der Waals surface area contributed by atoms with Gasteiger partial charge in [0.25, 0.3) is 0 Å². The van der Waals surface area contributed by atoms with E-state index in [1.54, 1.807) is 0 Å². The van der Waals surface area contributed by atoms with Crippen LogP contribution in [0.2, 0.25) is 0 Å². The van der Waals surface area contributed by atoms with E-state index in [0.29, 0.717) is 5.92 Å². The molecule has 0 aliphatic carbocycles. The molecule has 4 heteroatoms. The quantitative estimate of drug-likeness (QED) is 0.868. The highest BCUT2D eigenvalue weighted by atomic mass is 15.1. The number of aryl methyl sites for hydroxylation is 1. The molecule has 3 heterocycles. The topological polar surface area (TPSA) is 41.9 Å². The smallest absolute Gasteiger partial charge is 0.131 e. The second-order valence-corrected chi connectivity index (χ2v) is 6.09. The Morgan fingerprint density at radius 1 is 1.24 bits per heavy atom. The van der Waals surface area contributed by atoms with Crippen LogP contribution in [0.15, 0.2) is 24.4 Å². The molecule has 21 heavy (non-hydrogen) atoms. The molecule has 2 aromatic heterocycles. The summed E-state index contributed by atoms with van der Waals surface area (Å²) in [4.78, 5) is 16.2. The van der Waals surface area contributed by atoms with Crippen molar-refractivity contribution in [3.63, 3.8) is 0 Å². The molecular weight excluding hydrogens is 260 g/mol. The second-order valence-electron chi connectivity index (χ2n) is 6.09. The van der Waals surface area contributed by atoms with E-state index >= 15 is 0 Å². The SMILES string of the molecule is Cc1cccc(CN2CCc3cnc(C(C)C)nc3C2)n1. The number of hydrogen-bond donors (Lipinski definition) is 0. The summed E-state index contributed by atoms with van der Waals surface area (Å²) in [7, 11) is 0. The van der Waals surface area contributed by atoms with E-state index in [1.165, 1.54) is 11.3 Å². The van der Waals surface area contributed by atoms with Crippen LogP contribution in [-0.2, 0) is 19.5 Å². The van der Waals surface area contributed by atoms with Gasteiger partial charge in [0, 0.05) is 37.4 Å². The van der Waals surface area contributed by atoms with Crippen LogP contribution in [0.1, 0.15) is 48.2 Å². The highest BCUT2D eigenvalue weighted by molar-refractivity contribution is 5.21. The van der Waals surface area contributed by atoms with Crippen molar-refractivity contribution in [1.29, 1.82) is 0 Å². The van der Waals surface area contributed by atoms with Gasteiger partial charge < -0.3 is 0 Å². The molecule has 0 unspecified atom stereocenters. The summed E-state index contributed by atoms with van der Waals surface area (Å²) in [6, 6.07) is 6.22. The number of fused-ring (bicyclic) bond motifs is 1. The fourth-order valence-corrected chi connectivity index (χ4v) is 2.70. The number of aromatic nitrogens is 3. The van der Waals surface area contributed by atoms with E-state index in [-0.39, 0.29) is 0 Å². The highest BCUT2D eigenvalue weighted by Gasteiger charge is 2.19. The Bertz CT molecular complexity index is 636. The van der Waals surface area contributed by atoms with Crippen LogP contribution in [0.5, 0.6) is 0 Å². The van der Waals surface area contributed by atoms with Crippen molar-refractivity contribution in [1.82, 2.24) is 19.9 Å². The average Bonchev–Trinajstić information content (AvgIpc) is 2.46. The van der Waals surface area contributed by atoms with Crippen molar-refractivity contribution in [2.24, 2.45) is 0 Å². The van der Waals surface area contributed by atoms with E-state index in [1.807, 2.05) is 19.2 Å². The van der Waals surface area contributed by atoms with Gasteiger partial charge in [0.2, 0.25) is 0 Å². The minimum Gasteiger partial charge on any atom is -0.291 e. The molecule has 0 atom stereocenters. The van der Waals surface area contributed by atoms with Crippen LogP contribution in [0.3, 0.4) is 0 Å². The molecule has 0 saturated heterocycles. The predicted molar refractivity (Wildman–Crippen MR) is 82.9 cm³/mol. The molecule has 3 rings (SSSR count). The lowest BCUT2D eigenvalue weighted by Gasteiger charge is -2.28. The highest BCUT2D eigenvalue weighted by Crippen LogP contribution is 2.20. The first-order valence-corrected chi connectivity index (χ1v) is 7.61. The van der Waals surface area contributed by atoms with E-state index in [0.717, 1.165) is 43.3 Å². The zero-order valence-corrected chi connectivity index (χ0v) is 13.0. The van der Waals surface area contributed by atoms with Crippen molar-refractivity contribution in [2.45, 2.75) is 46.2 Å². The van der Waals surface area contributed by atoms with E-state index in [9.17, 15) is 0 Å². The summed E-state index contributed by atoms with van der Waals surface area (Å²) in [5.41, 5.74) is 4.70. The third-order valence-electron chi connectivity index (χ3n) is 3.89. The van der Waals surface area contributed by atoms with E-state index in [2.05, 4.69) is 40.8 Å². The van der Waals surface area contributed by atoms with Gasteiger partial charge in [-0.3, -0.25) is 9.88 Å². The van der Waals surface area contributed by atoms with Crippen molar-refractivity contribution in [2.75, 3.05) is 6.54 Å². The standard InChI is InChI=1S/C17H22N4/c1-12(2)17-18-9-14-7-8-21(11-16(14)20-17)10-15-6-4-5-13(3)19-15/h4-6,9,12H,7-8,10-11H2,1-3H3. The van der Waals surface area contributed by atoms with Crippen LogP contribution < -0.4 is 0 Å². The van der Waals surface area contributed by atoms with Gasteiger partial charge in [-0.1, -0.05) is 19.9 Å². The first kappa shape index (κ1) is 14.1. The minimum atomic E-state index is 0.379. The van der Waals surface area contributed by atoms with Crippen molar-refractivity contribution in [3.8, 4) is 0 Å². The molecule has 1 aliphatic heterocycles. The molecule has 0 amide bonds. The van der Waals surface area contributed by atoms with Gasteiger partial charge in [-0.2, -0.15) is 0 Å². The van der Waals surface area contributed by atoms with Gasteiger partial charge in [0.05, 0.1) is 11.4 Å². The summed E-state index contributed by atoms with van der Waals surface area (Å²) >= 11 is 0. The summed E-state index contributed by atoms with van der Waals surface area (Å²) < 4.78 is 0. The van der Waals surface area contributed by atoms with Crippen LogP contribution in [-0.4, -0.2) is 26.4 Å². The van der Waals surface area contributed by atoms with Gasteiger partial charge in [-0.25, -0.2) is 9.97 Å². The third-order valence-corrected chi connectivity index (χ3v) is 3.89. The summed E-state index contributed by atoms with van der Waals surface area (Å²) in [6.07, 6.45) is 3.04. The molecular formula is C17H22N4. The van der Waals surface area contributed by atoms with Gasteiger partial charge in [-0.05, 0) is 31.0 Å². The summed E-state index contributed by atoms with van der Waals surface area (Å²) in [6.45, 7) is 9.15. The first-order chi connectivity index (χ1) is 10.1. The fraction of sp³-hybridized carbons (Fsp3) is 0.471. The largest absolute Gasteiger partial charge is 0.291 e. The van der Waals surface area contributed by atoms with Gasteiger partial charge in [0.1, 0.15) is 5.82 Å². The van der Waals surface area contributed by atoms with Gasteiger partial charge in [0.15, 0.2) is 0 Å². The third kappa shape index (κ3) is 3.27. The monoisotopic (exact) mass is 282 g/mol. The summed E-state index contributed by atoms with van der Waals surface area (Å²) in [5, 5.41) is 0. The summed E-state index contributed by atoms with van der Waals surface area (Å²) in [5.74, 6) is 1.33. The van der Waals surface area contributed by atoms with Crippen LogP contribution in [0.25, 0.3) is 0 Å². The predicted octanol–water partition coefficient (Wildman–Crippen LogP) is 2.86. The Hall–Kier alpha value is -1.81. The number of nitrogens with zero attached hydrogens (tertiary/aromatic N) is 4. The van der Waals surface area contributed by atoms with Crippen LogP contribution >= 0.6 is 0 Å². The Kier molecular flexibility index (Phi) is 3.97. The molecule has 0 spiro atoms. The van der Waals surface area contributed by atoms with Crippen molar-refractivity contribution < 1.29 is 0 Å². The Balaban J connectivity index is 1.75. The maximum Gasteiger partial charge on any atom is 0.131 e. The molecule has 2 aromatic rings. The molecule has 0 aromatic carbocycles. The van der Waals surface area contributed by atoms with Gasteiger partial charge >= 0.3 is 0 Å². The normalized spacial score (nSPS) is 15.2. The van der Waals surface area contributed by atoms with Crippen molar-refractivity contribution in [3.05, 3.63) is 52.9 Å². The molecule has 110 valence electrons. The Morgan fingerprint density at radius 2 is 2.10 bits per heavy atom. The first-order valence-electron chi connectivity index (χ1n) is 7.61. The van der Waals surface area contributed by atoms with Crippen LogP contribution in [0.4, 0.5) is 0 Å². The minimum absolute atomic E-state index is 0.379. The van der Waals surface area contributed by atoms with Crippen molar-refractivity contribution >= 4 is 0 Å². The lowest BCUT2D eigenvalue weighted by atomic mass is 10.1.